The van der Waals surface area contributed by atoms with E-state index in [1.54, 1.807) is 21.3 Å². The van der Waals surface area contributed by atoms with E-state index < -0.39 is 5.79 Å². The van der Waals surface area contributed by atoms with Crippen molar-refractivity contribution in [2.75, 3.05) is 21.3 Å². The van der Waals surface area contributed by atoms with Crippen LogP contribution in [-0.2, 0) is 14.2 Å². The molecule has 0 aromatic carbocycles. The molecule has 0 heterocycles. The molecule has 0 aliphatic rings. The van der Waals surface area contributed by atoms with E-state index in [1.165, 1.54) is 0 Å². The average molecular weight is 192 g/mol. The van der Waals surface area contributed by atoms with Crippen molar-refractivity contribution in [2.45, 2.75) is 31.3 Å². The summed E-state index contributed by atoms with van der Waals surface area (Å²) in [7, 11) is 6.12. The van der Waals surface area contributed by atoms with Crippen LogP contribution in [0.25, 0.3) is 0 Å². The van der Waals surface area contributed by atoms with E-state index in [0.29, 0.717) is 0 Å². The van der Waals surface area contributed by atoms with Crippen LogP contribution in [0.15, 0.2) is 0 Å². The number of hydrogen-bond acceptors (Lipinski definition) is 3. The van der Waals surface area contributed by atoms with Crippen LogP contribution in [0.3, 0.4) is 0 Å². The monoisotopic (exact) mass is 192 g/mol. The molecular weight excluding hydrogens is 172 g/mol. The standard InChI is InChI=1S/C8H20O3Si/c1-5-8(10-3,11-4)7(6-12)9-2/h7H,5-6H2,1-4,12H3. The van der Waals surface area contributed by atoms with Crippen molar-refractivity contribution in [1.82, 2.24) is 0 Å². The van der Waals surface area contributed by atoms with Gasteiger partial charge in [0.05, 0.1) is 0 Å². The summed E-state index contributed by atoms with van der Waals surface area (Å²) in [5, 5.41) is 0. The van der Waals surface area contributed by atoms with Gasteiger partial charge in [-0.05, 0) is 6.04 Å². The van der Waals surface area contributed by atoms with Gasteiger partial charge in [0, 0.05) is 38.0 Å². The summed E-state index contributed by atoms with van der Waals surface area (Å²) < 4.78 is 16.0. The van der Waals surface area contributed by atoms with Crippen LogP contribution < -0.4 is 0 Å². The van der Waals surface area contributed by atoms with Crippen molar-refractivity contribution < 1.29 is 14.2 Å². The van der Waals surface area contributed by atoms with Crippen LogP contribution in [0.5, 0.6) is 0 Å². The molecule has 12 heavy (non-hydrogen) atoms. The minimum absolute atomic E-state index is 0.0594. The van der Waals surface area contributed by atoms with Gasteiger partial charge >= 0.3 is 0 Å². The Kier molecular flexibility index (Phi) is 5.74. The molecule has 1 atom stereocenters. The van der Waals surface area contributed by atoms with Crippen LogP contribution in [0, 0.1) is 0 Å². The fourth-order valence-corrected chi connectivity index (χ4v) is 2.48. The van der Waals surface area contributed by atoms with E-state index in [-0.39, 0.29) is 6.10 Å². The first kappa shape index (κ1) is 12.1. The lowest BCUT2D eigenvalue weighted by Gasteiger charge is -2.36. The minimum Gasteiger partial charge on any atom is -0.376 e. The number of methoxy groups -OCH3 is 3. The first-order chi connectivity index (χ1) is 5.70. The van der Waals surface area contributed by atoms with E-state index in [2.05, 4.69) is 0 Å². The normalized spacial score (nSPS) is 15.0. The van der Waals surface area contributed by atoms with E-state index in [1.807, 2.05) is 6.92 Å². The molecule has 0 radical (unpaired) electrons. The number of rotatable bonds is 6. The quantitative estimate of drug-likeness (QED) is 0.444. The lowest BCUT2D eigenvalue weighted by Crippen LogP contribution is -2.46. The Labute approximate surface area is 77.8 Å². The second-order valence-electron chi connectivity index (χ2n) is 2.71. The molecule has 1 unspecified atom stereocenters. The van der Waals surface area contributed by atoms with E-state index in [0.717, 1.165) is 22.7 Å². The Bertz CT molecular complexity index is 103. The van der Waals surface area contributed by atoms with Crippen LogP contribution >= 0.6 is 0 Å². The van der Waals surface area contributed by atoms with Crippen molar-refractivity contribution >= 4 is 10.2 Å². The number of ether oxygens (including phenoxy) is 3. The maximum atomic E-state index is 5.36. The third-order valence-corrected chi connectivity index (χ3v) is 3.07. The van der Waals surface area contributed by atoms with Crippen LogP contribution in [0.4, 0.5) is 0 Å². The van der Waals surface area contributed by atoms with Gasteiger partial charge in [0.25, 0.3) is 0 Å². The third-order valence-electron chi connectivity index (χ3n) is 2.33. The van der Waals surface area contributed by atoms with Gasteiger partial charge in [0.2, 0.25) is 0 Å². The summed E-state index contributed by atoms with van der Waals surface area (Å²) in [4.78, 5) is 0. The lowest BCUT2D eigenvalue weighted by atomic mass is 10.1. The van der Waals surface area contributed by atoms with Gasteiger partial charge in [0.1, 0.15) is 6.10 Å². The molecule has 0 rings (SSSR count). The smallest absolute Gasteiger partial charge is 0.193 e. The summed E-state index contributed by atoms with van der Waals surface area (Å²) in [5.41, 5.74) is 0. The van der Waals surface area contributed by atoms with Gasteiger partial charge in [-0.15, -0.1) is 0 Å². The zero-order chi connectivity index (χ0) is 9.61. The Morgan fingerprint density at radius 3 is 1.83 bits per heavy atom. The van der Waals surface area contributed by atoms with Crippen LogP contribution in [-0.4, -0.2) is 43.5 Å². The van der Waals surface area contributed by atoms with E-state index in [9.17, 15) is 0 Å². The van der Waals surface area contributed by atoms with Crippen LogP contribution in [0.1, 0.15) is 13.3 Å². The summed E-state index contributed by atoms with van der Waals surface area (Å²) in [5.74, 6) is -0.545. The van der Waals surface area contributed by atoms with Crippen molar-refractivity contribution in [3.8, 4) is 0 Å². The Morgan fingerprint density at radius 2 is 1.75 bits per heavy atom. The lowest BCUT2D eigenvalue weighted by molar-refractivity contribution is -0.261. The molecule has 4 heteroatoms. The summed E-state index contributed by atoms with van der Waals surface area (Å²) in [6, 6.07) is 1.02. The second kappa shape index (κ2) is 5.69. The van der Waals surface area contributed by atoms with Crippen molar-refractivity contribution in [2.24, 2.45) is 0 Å². The van der Waals surface area contributed by atoms with Crippen molar-refractivity contribution in [3.63, 3.8) is 0 Å². The van der Waals surface area contributed by atoms with Gasteiger partial charge in [-0.3, -0.25) is 0 Å². The maximum Gasteiger partial charge on any atom is 0.193 e. The highest BCUT2D eigenvalue weighted by molar-refractivity contribution is 6.08. The Hall–Kier alpha value is 0.0969. The third kappa shape index (κ3) is 2.29. The molecule has 0 aliphatic carbocycles. The zero-order valence-electron chi connectivity index (χ0n) is 8.72. The fraction of sp³-hybridized carbons (Fsp3) is 1.00. The van der Waals surface area contributed by atoms with Gasteiger partial charge in [-0.25, -0.2) is 0 Å². The SMILES string of the molecule is CCC(OC)(OC)C(C[SiH3])OC. The van der Waals surface area contributed by atoms with Gasteiger partial charge in [-0.1, -0.05) is 6.92 Å². The molecule has 0 spiro atoms. The van der Waals surface area contributed by atoms with Crippen molar-refractivity contribution in [3.05, 3.63) is 0 Å². The molecule has 74 valence electrons. The van der Waals surface area contributed by atoms with E-state index >= 15 is 0 Å². The first-order valence-electron chi connectivity index (χ1n) is 4.33. The molecule has 0 saturated heterocycles. The summed E-state index contributed by atoms with van der Waals surface area (Å²) >= 11 is 0. The summed E-state index contributed by atoms with van der Waals surface area (Å²) in [6.45, 7) is 2.04. The van der Waals surface area contributed by atoms with Crippen molar-refractivity contribution in [1.29, 1.82) is 0 Å². The molecule has 0 aliphatic heterocycles. The molecular formula is C8H20O3Si. The minimum atomic E-state index is -0.545. The number of hydrogen-bond donors (Lipinski definition) is 0. The molecule has 0 aromatic heterocycles. The molecule has 0 aromatic rings. The van der Waals surface area contributed by atoms with Crippen LogP contribution in [0.2, 0.25) is 6.04 Å². The second-order valence-corrected chi connectivity index (χ2v) is 3.52. The highest BCUT2D eigenvalue weighted by atomic mass is 28.1. The summed E-state index contributed by atoms with van der Waals surface area (Å²) in [6.07, 6.45) is 0.866. The topological polar surface area (TPSA) is 27.7 Å². The predicted molar refractivity (Wildman–Crippen MR) is 52.6 cm³/mol. The first-order valence-corrected chi connectivity index (χ1v) is 5.75. The van der Waals surface area contributed by atoms with Gasteiger partial charge < -0.3 is 14.2 Å². The Balaban J connectivity index is 4.42. The maximum absolute atomic E-state index is 5.36. The highest BCUT2D eigenvalue weighted by Crippen LogP contribution is 2.24. The molecule has 0 bridgehead atoms. The van der Waals surface area contributed by atoms with E-state index in [4.69, 9.17) is 14.2 Å². The fourth-order valence-electron chi connectivity index (χ4n) is 1.52. The Morgan fingerprint density at radius 1 is 1.25 bits per heavy atom. The molecule has 0 N–H and O–H groups in total. The molecule has 0 fully saturated rings. The largest absolute Gasteiger partial charge is 0.376 e. The zero-order valence-corrected chi connectivity index (χ0v) is 10.7. The molecule has 0 saturated carbocycles. The van der Waals surface area contributed by atoms with Gasteiger partial charge in [0.15, 0.2) is 5.79 Å². The average Bonchev–Trinajstić information content (AvgIpc) is 2.14. The van der Waals surface area contributed by atoms with Gasteiger partial charge in [-0.2, -0.15) is 0 Å². The highest BCUT2D eigenvalue weighted by Gasteiger charge is 2.36. The molecule has 0 amide bonds. The predicted octanol–water partition coefficient (Wildman–Crippen LogP) is 0.184. The molecule has 3 nitrogen and oxygen atoms in total.